The molecule has 8 heteroatoms. The number of hydrogen-bond acceptors (Lipinski definition) is 4. The van der Waals surface area contributed by atoms with Gasteiger partial charge in [0.15, 0.2) is 11.2 Å². The van der Waals surface area contributed by atoms with E-state index in [1.165, 1.54) is 17.2 Å². The van der Waals surface area contributed by atoms with Crippen LogP contribution in [0.3, 0.4) is 0 Å². The molecule has 5 aromatic rings. The number of hydrogen-bond donors (Lipinski definition) is 0. The first-order valence-corrected chi connectivity index (χ1v) is 9.59. The molecule has 0 saturated carbocycles. The third-order valence-corrected chi connectivity index (χ3v) is 5.47. The summed E-state index contributed by atoms with van der Waals surface area (Å²) >= 11 is 0. The molecule has 0 aliphatic carbocycles. The monoisotopic (exact) mass is 400 g/mol. The summed E-state index contributed by atoms with van der Waals surface area (Å²) in [4.78, 5) is 34.2. The molecule has 0 N–H and O–H groups in total. The van der Waals surface area contributed by atoms with Crippen LogP contribution in [-0.2, 0) is 20.6 Å². The summed E-state index contributed by atoms with van der Waals surface area (Å²) in [5.74, 6) is 0.600. The van der Waals surface area contributed by atoms with Gasteiger partial charge in [-0.15, -0.1) is 0 Å². The molecule has 0 amide bonds. The van der Waals surface area contributed by atoms with Crippen molar-refractivity contribution in [1.29, 1.82) is 0 Å². The van der Waals surface area contributed by atoms with E-state index in [1.54, 1.807) is 17.6 Å². The largest absolute Gasteiger partial charge is 0.332 e. The molecule has 5 rings (SSSR count). The summed E-state index contributed by atoms with van der Waals surface area (Å²) in [6, 6.07) is 12.1. The molecule has 150 valence electrons. The zero-order valence-corrected chi connectivity index (χ0v) is 16.9. The van der Waals surface area contributed by atoms with Gasteiger partial charge in [-0.05, 0) is 24.1 Å². The number of aromatic nitrogens is 6. The van der Waals surface area contributed by atoms with Crippen LogP contribution in [-0.4, -0.2) is 28.1 Å². The van der Waals surface area contributed by atoms with Crippen molar-refractivity contribution in [1.82, 2.24) is 28.1 Å². The van der Waals surface area contributed by atoms with Crippen LogP contribution >= 0.6 is 0 Å². The van der Waals surface area contributed by atoms with Gasteiger partial charge in [0.1, 0.15) is 0 Å². The maximum absolute atomic E-state index is 12.9. The molecule has 0 unspecified atom stereocenters. The molecule has 4 heterocycles. The van der Waals surface area contributed by atoms with Crippen LogP contribution in [0.2, 0.25) is 0 Å². The van der Waals surface area contributed by atoms with Gasteiger partial charge in [-0.25, -0.2) is 4.79 Å². The Balaban J connectivity index is 1.87. The zero-order chi connectivity index (χ0) is 21.0. The van der Waals surface area contributed by atoms with E-state index in [0.29, 0.717) is 23.5 Å². The fourth-order valence-corrected chi connectivity index (χ4v) is 3.80. The summed E-state index contributed by atoms with van der Waals surface area (Å²) in [6.45, 7) is 2.58. The molecule has 8 nitrogen and oxygen atoms in total. The minimum atomic E-state index is -0.397. The maximum atomic E-state index is 12.9. The first-order valence-electron chi connectivity index (χ1n) is 9.59. The number of rotatable bonds is 3. The normalized spacial score (nSPS) is 11.6. The number of fused-ring (bicyclic) bond motifs is 3. The van der Waals surface area contributed by atoms with Crippen molar-refractivity contribution >= 4 is 16.9 Å². The SMILES string of the molecule is Cc1ccc(-c2cn3c4c(=O)n(C)c(=O)n(C)c4nc3n2Cc2cccnc2)cc1. The highest BCUT2D eigenvalue weighted by molar-refractivity contribution is 5.78. The van der Waals surface area contributed by atoms with Crippen LogP contribution in [0.15, 0.2) is 64.6 Å². The highest BCUT2D eigenvalue weighted by Crippen LogP contribution is 2.26. The van der Waals surface area contributed by atoms with Crippen molar-refractivity contribution < 1.29 is 0 Å². The second kappa shape index (κ2) is 6.55. The van der Waals surface area contributed by atoms with Crippen molar-refractivity contribution in [3.05, 3.63) is 87.0 Å². The van der Waals surface area contributed by atoms with E-state index < -0.39 is 5.69 Å². The van der Waals surface area contributed by atoms with E-state index in [4.69, 9.17) is 4.98 Å². The number of aryl methyl sites for hydroxylation is 2. The standard InChI is InChI=1S/C22H20N6O2/c1-14-6-8-16(9-7-14)17-13-28-18-19(25(2)22(30)26(3)20(18)29)24-21(28)27(17)12-15-5-4-10-23-11-15/h4-11,13H,12H2,1-3H3. The molecule has 0 saturated heterocycles. The van der Waals surface area contributed by atoms with Crippen molar-refractivity contribution in [2.45, 2.75) is 13.5 Å². The quantitative estimate of drug-likeness (QED) is 0.465. The Morgan fingerprint density at radius 3 is 2.47 bits per heavy atom. The van der Waals surface area contributed by atoms with Gasteiger partial charge in [-0.2, -0.15) is 4.98 Å². The van der Waals surface area contributed by atoms with Crippen LogP contribution in [0, 0.1) is 6.92 Å². The fraction of sp³-hybridized carbons (Fsp3) is 0.182. The third kappa shape index (κ3) is 2.61. The lowest BCUT2D eigenvalue weighted by Gasteiger charge is -2.09. The highest BCUT2D eigenvalue weighted by Gasteiger charge is 2.21. The first-order chi connectivity index (χ1) is 14.5. The van der Waals surface area contributed by atoms with Crippen LogP contribution in [0.4, 0.5) is 0 Å². The average Bonchev–Trinajstić information content (AvgIpc) is 3.29. The molecule has 0 aliphatic heterocycles. The Morgan fingerprint density at radius 2 is 1.77 bits per heavy atom. The van der Waals surface area contributed by atoms with Gasteiger partial charge in [0, 0.05) is 32.7 Å². The minimum absolute atomic E-state index is 0.366. The molecule has 1 aromatic carbocycles. The summed E-state index contributed by atoms with van der Waals surface area (Å²) in [5.41, 5.74) is 4.12. The lowest BCUT2D eigenvalue weighted by Crippen LogP contribution is -2.37. The molecule has 4 aromatic heterocycles. The lowest BCUT2D eigenvalue weighted by atomic mass is 10.1. The van der Waals surface area contributed by atoms with Gasteiger partial charge in [-0.1, -0.05) is 35.9 Å². The predicted octanol–water partition coefficient (Wildman–Crippen LogP) is 2.11. The summed E-state index contributed by atoms with van der Waals surface area (Å²) in [7, 11) is 3.11. The van der Waals surface area contributed by atoms with Gasteiger partial charge in [0.25, 0.3) is 5.56 Å². The molecule has 0 fully saturated rings. The van der Waals surface area contributed by atoms with Crippen molar-refractivity contribution in [2.75, 3.05) is 0 Å². The average molecular weight is 400 g/mol. The Morgan fingerprint density at radius 1 is 1.00 bits per heavy atom. The third-order valence-electron chi connectivity index (χ3n) is 5.47. The van der Waals surface area contributed by atoms with Crippen molar-refractivity contribution in [3.63, 3.8) is 0 Å². The van der Waals surface area contributed by atoms with E-state index in [9.17, 15) is 9.59 Å². The Kier molecular flexibility index (Phi) is 3.95. The maximum Gasteiger partial charge on any atom is 0.332 e. The van der Waals surface area contributed by atoms with E-state index in [0.717, 1.165) is 21.4 Å². The van der Waals surface area contributed by atoms with Crippen LogP contribution in [0.25, 0.3) is 28.2 Å². The summed E-state index contributed by atoms with van der Waals surface area (Å²) < 4.78 is 6.35. The van der Waals surface area contributed by atoms with Crippen molar-refractivity contribution in [3.8, 4) is 11.3 Å². The molecule has 0 aliphatic rings. The predicted molar refractivity (Wildman–Crippen MR) is 115 cm³/mol. The number of pyridine rings is 1. The highest BCUT2D eigenvalue weighted by atomic mass is 16.2. The molecular formula is C22H20N6O2. The second-order valence-corrected chi connectivity index (χ2v) is 7.49. The smallest absolute Gasteiger partial charge is 0.305 e. The van der Waals surface area contributed by atoms with Gasteiger partial charge in [0.05, 0.1) is 12.2 Å². The van der Waals surface area contributed by atoms with E-state index in [2.05, 4.69) is 29.2 Å². The molecule has 0 bridgehead atoms. The minimum Gasteiger partial charge on any atom is -0.305 e. The number of nitrogens with zero attached hydrogens (tertiary/aromatic N) is 6. The van der Waals surface area contributed by atoms with Crippen LogP contribution in [0.1, 0.15) is 11.1 Å². The fourth-order valence-electron chi connectivity index (χ4n) is 3.80. The van der Waals surface area contributed by atoms with Gasteiger partial charge in [0.2, 0.25) is 5.78 Å². The topological polar surface area (TPSA) is 79.1 Å². The Labute approximate surface area is 171 Å². The molecule has 0 spiro atoms. The Bertz CT molecular complexity index is 1520. The van der Waals surface area contributed by atoms with Gasteiger partial charge in [-0.3, -0.25) is 23.3 Å². The first kappa shape index (κ1) is 18.1. The molecule has 0 atom stereocenters. The van der Waals surface area contributed by atoms with E-state index >= 15 is 0 Å². The van der Waals surface area contributed by atoms with Gasteiger partial charge < -0.3 is 4.57 Å². The van der Waals surface area contributed by atoms with E-state index in [-0.39, 0.29) is 5.56 Å². The van der Waals surface area contributed by atoms with Crippen molar-refractivity contribution in [2.24, 2.45) is 14.1 Å². The second-order valence-electron chi connectivity index (χ2n) is 7.49. The van der Waals surface area contributed by atoms with Gasteiger partial charge >= 0.3 is 5.69 Å². The van der Waals surface area contributed by atoms with Crippen LogP contribution in [0.5, 0.6) is 0 Å². The summed E-state index contributed by atoms with van der Waals surface area (Å²) in [6.07, 6.45) is 5.46. The zero-order valence-electron chi connectivity index (χ0n) is 16.9. The lowest BCUT2D eigenvalue weighted by molar-refractivity contribution is 0.707. The molecule has 30 heavy (non-hydrogen) atoms. The molecule has 0 radical (unpaired) electrons. The summed E-state index contributed by atoms with van der Waals surface area (Å²) in [5, 5.41) is 0. The van der Waals surface area contributed by atoms with E-state index in [1.807, 2.05) is 36.0 Å². The van der Waals surface area contributed by atoms with Crippen LogP contribution < -0.4 is 11.2 Å². The molecular weight excluding hydrogens is 380 g/mol. The number of benzene rings is 1. The Hall–Kier alpha value is -3.94. The number of imidazole rings is 2.